The van der Waals surface area contributed by atoms with E-state index in [-0.39, 0.29) is 18.3 Å². The minimum absolute atomic E-state index is 0. The van der Waals surface area contributed by atoms with Crippen LogP contribution in [-0.4, -0.2) is 27.7 Å². The molecule has 1 aliphatic carbocycles. The van der Waals surface area contributed by atoms with Crippen molar-refractivity contribution < 1.29 is 4.79 Å². The molecule has 8 heteroatoms. The Bertz CT molecular complexity index is 683. The first-order valence-corrected chi connectivity index (χ1v) is 8.33. The number of hydrogen-bond donors (Lipinski definition) is 2. The number of carbonyl (C=O) groups excluding carboxylic acids is 1. The highest BCUT2D eigenvalue weighted by atomic mass is 35.5. The van der Waals surface area contributed by atoms with E-state index in [0.717, 1.165) is 24.1 Å². The van der Waals surface area contributed by atoms with Crippen molar-refractivity contribution in [3.05, 3.63) is 28.5 Å². The van der Waals surface area contributed by atoms with Gasteiger partial charge in [0, 0.05) is 23.7 Å². The van der Waals surface area contributed by atoms with Crippen molar-refractivity contribution in [2.75, 3.05) is 12.4 Å². The summed E-state index contributed by atoms with van der Waals surface area (Å²) < 4.78 is 1.69. The number of nitrogens with zero attached hydrogens (tertiary/aromatic N) is 3. The number of aromatic nitrogens is 3. The van der Waals surface area contributed by atoms with Crippen LogP contribution < -0.4 is 10.6 Å². The normalized spacial score (nSPS) is 18.0. The van der Waals surface area contributed by atoms with E-state index in [4.69, 9.17) is 0 Å². The molecule has 0 spiro atoms. The van der Waals surface area contributed by atoms with E-state index >= 15 is 0 Å². The smallest absolute Gasteiger partial charge is 0.247 e. The van der Waals surface area contributed by atoms with Crippen LogP contribution in [0, 0.1) is 5.92 Å². The summed E-state index contributed by atoms with van der Waals surface area (Å²) >= 11 is 1.60. The van der Waals surface area contributed by atoms with E-state index in [2.05, 4.69) is 27.6 Å². The monoisotopic (exact) mass is 355 g/mol. The fourth-order valence-corrected chi connectivity index (χ4v) is 3.98. The lowest BCUT2D eigenvalue weighted by molar-refractivity contribution is -0.118. The molecule has 126 valence electrons. The maximum Gasteiger partial charge on any atom is 0.247 e. The molecule has 0 aliphatic heterocycles. The number of amides is 1. The van der Waals surface area contributed by atoms with Gasteiger partial charge in [0.2, 0.25) is 5.91 Å². The second-order valence-electron chi connectivity index (χ2n) is 5.90. The Balaban J connectivity index is 0.00000192. The van der Waals surface area contributed by atoms with E-state index in [1.807, 2.05) is 13.2 Å². The predicted octanol–water partition coefficient (Wildman–Crippen LogP) is 2.32. The largest absolute Gasteiger partial charge is 0.305 e. The van der Waals surface area contributed by atoms with E-state index in [1.165, 1.54) is 11.3 Å². The highest BCUT2D eigenvalue weighted by Crippen LogP contribution is 2.32. The molecule has 23 heavy (non-hydrogen) atoms. The summed E-state index contributed by atoms with van der Waals surface area (Å²) in [5, 5.41) is 10.8. The molecule has 2 unspecified atom stereocenters. The van der Waals surface area contributed by atoms with Gasteiger partial charge in [-0.2, -0.15) is 5.10 Å². The molecule has 0 saturated heterocycles. The number of carbonyl (C=O) groups is 1. The summed E-state index contributed by atoms with van der Waals surface area (Å²) in [5.41, 5.74) is 2.00. The Labute approximate surface area is 146 Å². The molecule has 1 aliphatic rings. The summed E-state index contributed by atoms with van der Waals surface area (Å²) in [7, 11) is 3.61. The Kier molecular flexibility index (Phi) is 5.78. The highest BCUT2D eigenvalue weighted by Gasteiger charge is 2.24. The maximum absolute atomic E-state index is 12.5. The number of aryl methyl sites for hydroxylation is 2. The molecule has 2 aromatic heterocycles. The number of anilines is 1. The topological polar surface area (TPSA) is 71.8 Å². The first kappa shape index (κ1) is 17.9. The van der Waals surface area contributed by atoms with Gasteiger partial charge in [-0.15, -0.1) is 23.7 Å². The second kappa shape index (κ2) is 7.42. The van der Waals surface area contributed by atoms with Crippen LogP contribution in [-0.2, 0) is 24.7 Å². The van der Waals surface area contributed by atoms with Crippen LogP contribution >= 0.6 is 23.7 Å². The molecule has 0 saturated carbocycles. The number of thiazole rings is 1. The Morgan fingerprint density at radius 3 is 2.96 bits per heavy atom. The fraction of sp³-hybridized carbons (Fsp3) is 0.533. The van der Waals surface area contributed by atoms with Gasteiger partial charge in [0.05, 0.1) is 11.9 Å². The molecule has 2 N–H and O–H groups in total. The molecule has 3 rings (SSSR count). The van der Waals surface area contributed by atoms with Gasteiger partial charge in [-0.3, -0.25) is 9.48 Å². The van der Waals surface area contributed by atoms with Crippen molar-refractivity contribution in [3.8, 4) is 0 Å². The van der Waals surface area contributed by atoms with Crippen LogP contribution in [0.4, 0.5) is 5.13 Å². The lowest BCUT2D eigenvalue weighted by Gasteiger charge is -2.15. The van der Waals surface area contributed by atoms with E-state index < -0.39 is 6.04 Å². The third-order valence-electron chi connectivity index (χ3n) is 4.03. The van der Waals surface area contributed by atoms with Crippen molar-refractivity contribution in [1.82, 2.24) is 20.1 Å². The first-order chi connectivity index (χ1) is 10.6. The van der Waals surface area contributed by atoms with Crippen molar-refractivity contribution in [3.63, 3.8) is 0 Å². The van der Waals surface area contributed by atoms with Crippen LogP contribution in [0.15, 0.2) is 12.4 Å². The number of nitrogens with one attached hydrogen (secondary N) is 2. The molecule has 2 aromatic rings. The molecular formula is C15H22ClN5OS. The SMILES string of the molecule is CNC(C(=O)Nc1nc2c(s1)CC(C)CC2)c1cnn(C)c1.Cl. The number of likely N-dealkylation sites (N-methyl/N-ethyl adjacent to an activating group) is 1. The zero-order valence-corrected chi connectivity index (χ0v) is 15.1. The Morgan fingerprint density at radius 2 is 2.30 bits per heavy atom. The van der Waals surface area contributed by atoms with Crippen LogP contribution in [0.3, 0.4) is 0 Å². The van der Waals surface area contributed by atoms with Gasteiger partial charge in [0.1, 0.15) is 6.04 Å². The minimum Gasteiger partial charge on any atom is -0.305 e. The summed E-state index contributed by atoms with van der Waals surface area (Å²) in [4.78, 5) is 18.4. The van der Waals surface area contributed by atoms with Crippen LogP contribution in [0.5, 0.6) is 0 Å². The molecule has 0 fully saturated rings. The quantitative estimate of drug-likeness (QED) is 0.882. The van der Waals surface area contributed by atoms with Gasteiger partial charge in [0.25, 0.3) is 0 Å². The number of halogens is 1. The van der Waals surface area contributed by atoms with Gasteiger partial charge < -0.3 is 10.6 Å². The molecule has 0 bridgehead atoms. The zero-order chi connectivity index (χ0) is 15.7. The van der Waals surface area contributed by atoms with Gasteiger partial charge in [0.15, 0.2) is 5.13 Å². The maximum atomic E-state index is 12.5. The number of fused-ring (bicyclic) bond motifs is 1. The standard InChI is InChI=1S/C15H21N5OS.ClH/c1-9-4-5-11-12(6-9)22-15(18-11)19-14(21)13(16-2)10-7-17-20(3)8-10;/h7-9,13,16H,4-6H2,1-3H3,(H,18,19,21);1H. The molecule has 0 aromatic carbocycles. The number of rotatable bonds is 4. The zero-order valence-electron chi connectivity index (χ0n) is 13.5. The second-order valence-corrected chi connectivity index (χ2v) is 6.98. The molecule has 0 radical (unpaired) electrons. The van der Waals surface area contributed by atoms with Crippen molar-refractivity contribution in [2.24, 2.45) is 13.0 Å². The van der Waals surface area contributed by atoms with Gasteiger partial charge in [-0.1, -0.05) is 6.92 Å². The summed E-state index contributed by atoms with van der Waals surface area (Å²) in [6.45, 7) is 2.26. The predicted molar refractivity (Wildman–Crippen MR) is 94.2 cm³/mol. The van der Waals surface area contributed by atoms with Gasteiger partial charge >= 0.3 is 0 Å². The summed E-state index contributed by atoms with van der Waals surface area (Å²) in [6.07, 6.45) is 6.81. The average molecular weight is 356 g/mol. The molecular weight excluding hydrogens is 334 g/mol. The molecule has 2 heterocycles. The van der Waals surface area contributed by atoms with Crippen molar-refractivity contribution in [1.29, 1.82) is 0 Å². The lowest BCUT2D eigenvalue weighted by Crippen LogP contribution is -2.30. The Hall–Kier alpha value is -1.44. The minimum atomic E-state index is -0.423. The van der Waals surface area contributed by atoms with Crippen LogP contribution in [0.25, 0.3) is 0 Å². The number of hydrogen-bond acceptors (Lipinski definition) is 5. The first-order valence-electron chi connectivity index (χ1n) is 7.52. The third-order valence-corrected chi connectivity index (χ3v) is 5.06. The van der Waals surface area contributed by atoms with Gasteiger partial charge in [-0.05, 0) is 32.2 Å². The summed E-state index contributed by atoms with van der Waals surface area (Å²) in [6, 6.07) is -0.423. The fourth-order valence-electron chi connectivity index (χ4n) is 2.81. The van der Waals surface area contributed by atoms with E-state index in [0.29, 0.717) is 11.0 Å². The highest BCUT2D eigenvalue weighted by molar-refractivity contribution is 7.15. The van der Waals surface area contributed by atoms with Crippen LogP contribution in [0.1, 0.15) is 35.5 Å². The third kappa shape index (κ3) is 3.91. The van der Waals surface area contributed by atoms with Crippen molar-refractivity contribution in [2.45, 2.75) is 32.2 Å². The van der Waals surface area contributed by atoms with Crippen molar-refractivity contribution >= 4 is 34.8 Å². The molecule has 6 nitrogen and oxygen atoms in total. The average Bonchev–Trinajstić information content (AvgIpc) is 3.05. The summed E-state index contributed by atoms with van der Waals surface area (Å²) in [5.74, 6) is 0.603. The van der Waals surface area contributed by atoms with E-state index in [1.54, 1.807) is 29.3 Å². The van der Waals surface area contributed by atoms with E-state index in [9.17, 15) is 4.79 Å². The Morgan fingerprint density at radius 1 is 1.52 bits per heavy atom. The molecule has 2 atom stereocenters. The van der Waals surface area contributed by atoms with Gasteiger partial charge in [-0.25, -0.2) is 4.98 Å². The lowest BCUT2D eigenvalue weighted by atomic mass is 9.93. The molecule has 1 amide bonds. The van der Waals surface area contributed by atoms with Crippen LogP contribution in [0.2, 0.25) is 0 Å².